The third-order valence-electron chi connectivity index (χ3n) is 2.33. The molecule has 16 heavy (non-hydrogen) atoms. The first-order chi connectivity index (χ1) is 7.65. The molecule has 1 atom stereocenters. The van der Waals surface area contributed by atoms with Crippen LogP contribution in [0.5, 0.6) is 0 Å². The topological polar surface area (TPSA) is 72.9 Å². The minimum absolute atomic E-state index is 0.0113. The molecule has 0 aliphatic carbocycles. The van der Waals surface area contributed by atoms with Gasteiger partial charge < -0.3 is 15.6 Å². The second-order valence-corrected chi connectivity index (χ2v) is 4.23. The first-order valence-corrected chi connectivity index (χ1v) is 5.60. The fourth-order valence-electron chi connectivity index (χ4n) is 1.58. The molecule has 3 N–H and O–H groups in total. The van der Waals surface area contributed by atoms with Gasteiger partial charge in [0.1, 0.15) is 6.04 Å². The first kappa shape index (κ1) is 12.7. The summed E-state index contributed by atoms with van der Waals surface area (Å²) in [5.41, 5.74) is 5.36. The van der Waals surface area contributed by atoms with Crippen LogP contribution in [0, 0.1) is 5.92 Å². The van der Waals surface area contributed by atoms with Crippen molar-refractivity contribution in [3.05, 3.63) is 18.7 Å². The monoisotopic (exact) mass is 224 g/mol. The molecule has 0 spiro atoms. The quantitative estimate of drug-likeness (QED) is 0.741. The molecule has 0 unspecified atom stereocenters. The molecule has 90 valence electrons. The molecule has 0 aliphatic rings. The van der Waals surface area contributed by atoms with Crippen LogP contribution in [0.4, 0.5) is 0 Å². The summed E-state index contributed by atoms with van der Waals surface area (Å²) in [6, 6.07) is -0.186. The smallest absolute Gasteiger partial charge is 0.243 e. The SMILES string of the molecule is CC(C)C[C@@H](C(=O)NCCN)n1ccnc1. The maximum Gasteiger partial charge on any atom is 0.243 e. The molecule has 5 nitrogen and oxygen atoms in total. The van der Waals surface area contributed by atoms with Crippen molar-refractivity contribution >= 4 is 5.91 Å². The van der Waals surface area contributed by atoms with Crippen LogP contribution in [0.3, 0.4) is 0 Å². The van der Waals surface area contributed by atoms with E-state index in [4.69, 9.17) is 5.73 Å². The Morgan fingerprint density at radius 1 is 1.56 bits per heavy atom. The van der Waals surface area contributed by atoms with Gasteiger partial charge in [-0.05, 0) is 12.3 Å². The molecule has 1 heterocycles. The maximum absolute atomic E-state index is 11.9. The summed E-state index contributed by atoms with van der Waals surface area (Å²) < 4.78 is 1.84. The van der Waals surface area contributed by atoms with Crippen LogP contribution in [0.1, 0.15) is 26.3 Å². The van der Waals surface area contributed by atoms with Gasteiger partial charge in [0.15, 0.2) is 0 Å². The van der Waals surface area contributed by atoms with Gasteiger partial charge in [-0.2, -0.15) is 0 Å². The molecule has 0 aliphatic heterocycles. The predicted molar refractivity (Wildman–Crippen MR) is 62.8 cm³/mol. The van der Waals surface area contributed by atoms with E-state index in [1.165, 1.54) is 0 Å². The van der Waals surface area contributed by atoms with Gasteiger partial charge >= 0.3 is 0 Å². The Hall–Kier alpha value is -1.36. The van der Waals surface area contributed by atoms with Crippen LogP contribution < -0.4 is 11.1 Å². The lowest BCUT2D eigenvalue weighted by atomic mass is 10.0. The first-order valence-electron chi connectivity index (χ1n) is 5.60. The summed E-state index contributed by atoms with van der Waals surface area (Å²) in [6.45, 7) is 5.17. The van der Waals surface area contributed by atoms with Crippen molar-refractivity contribution < 1.29 is 4.79 Å². The minimum Gasteiger partial charge on any atom is -0.353 e. The van der Waals surface area contributed by atoms with Crippen LogP contribution >= 0.6 is 0 Å². The van der Waals surface area contributed by atoms with E-state index < -0.39 is 0 Å². The minimum atomic E-state index is -0.186. The second-order valence-electron chi connectivity index (χ2n) is 4.23. The number of nitrogens with two attached hydrogens (primary N) is 1. The molecule has 0 radical (unpaired) electrons. The van der Waals surface area contributed by atoms with Gasteiger partial charge in [0, 0.05) is 25.5 Å². The highest BCUT2D eigenvalue weighted by Gasteiger charge is 2.20. The molecule has 0 fully saturated rings. The van der Waals surface area contributed by atoms with E-state index in [0.29, 0.717) is 19.0 Å². The number of aromatic nitrogens is 2. The lowest BCUT2D eigenvalue weighted by Gasteiger charge is -2.19. The van der Waals surface area contributed by atoms with E-state index in [2.05, 4.69) is 24.1 Å². The van der Waals surface area contributed by atoms with Crippen LogP contribution in [0.25, 0.3) is 0 Å². The van der Waals surface area contributed by atoms with Crippen LogP contribution in [-0.2, 0) is 4.79 Å². The van der Waals surface area contributed by atoms with Gasteiger partial charge in [0.05, 0.1) is 6.33 Å². The van der Waals surface area contributed by atoms with Crippen molar-refractivity contribution in [2.45, 2.75) is 26.3 Å². The van der Waals surface area contributed by atoms with Crippen molar-refractivity contribution in [1.29, 1.82) is 0 Å². The van der Waals surface area contributed by atoms with Crippen LogP contribution in [-0.4, -0.2) is 28.5 Å². The van der Waals surface area contributed by atoms with Gasteiger partial charge in [0.2, 0.25) is 5.91 Å². The van der Waals surface area contributed by atoms with E-state index in [-0.39, 0.29) is 11.9 Å². The second kappa shape index (κ2) is 6.27. The van der Waals surface area contributed by atoms with Crippen molar-refractivity contribution in [2.24, 2.45) is 11.7 Å². The lowest BCUT2D eigenvalue weighted by molar-refractivity contribution is -0.124. The average molecular weight is 224 g/mol. The van der Waals surface area contributed by atoms with Gasteiger partial charge in [-0.15, -0.1) is 0 Å². The molecule has 1 rings (SSSR count). The van der Waals surface area contributed by atoms with Crippen LogP contribution in [0.15, 0.2) is 18.7 Å². The fourth-order valence-corrected chi connectivity index (χ4v) is 1.58. The summed E-state index contributed by atoms with van der Waals surface area (Å²) in [5.74, 6) is 0.466. The Bertz CT molecular complexity index is 308. The zero-order valence-electron chi connectivity index (χ0n) is 9.89. The maximum atomic E-state index is 11.9. The lowest BCUT2D eigenvalue weighted by Crippen LogP contribution is -2.36. The number of amides is 1. The standard InChI is InChI=1S/C11H20N4O/c1-9(2)7-10(11(16)14-4-3-12)15-6-5-13-8-15/h5-6,8-10H,3-4,7,12H2,1-2H3,(H,14,16)/t10-/m0/s1. The van der Waals surface area contributed by atoms with Gasteiger partial charge in [-0.1, -0.05) is 13.8 Å². The molecule has 0 aromatic carbocycles. The number of hydrogen-bond donors (Lipinski definition) is 2. The number of nitrogens with zero attached hydrogens (tertiary/aromatic N) is 2. The molecule has 0 bridgehead atoms. The summed E-state index contributed by atoms with van der Waals surface area (Å²) >= 11 is 0. The van der Waals surface area contributed by atoms with E-state index in [1.54, 1.807) is 12.5 Å². The third kappa shape index (κ3) is 3.66. The summed E-state index contributed by atoms with van der Waals surface area (Å²) in [5, 5.41) is 2.81. The average Bonchev–Trinajstić information content (AvgIpc) is 2.75. The number of nitrogens with one attached hydrogen (secondary N) is 1. The molecule has 1 amide bonds. The Balaban J connectivity index is 2.67. The number of imidazole rings is 1. The highest BCUT2D eigenvalue weighted by molar-refractivity contribution is 5.80. The highest BCUT2D eigenvalue weighted by atomic mass is 16.2. The van der Waals surface area contributed by atoms with E-state index >= 15 is 0 Å². The largest absolute Gasteiger partial charge is 0.353 e. The van der Waals surface area contributed by atoms with Crippen molar-refractivity contribution in [3.8, 4) is 0 Å². The molecule has 1 aromatic heterocycles. The fraction of sp³-hybridized carbons (Fsp3) is 0.636. The Labute approximate surface area is 96.0 Å². The zero-order chi connectivity index (χ0) is 12.0. The van der Waals surface area contributed by atoms with E-state index in [1.807, 2.05) is 10.8 Å². The summed E-state index contributed by atoms with van der Waals surface area (Å²) in [6.07, 6.45) is 5.97. The molecule has 0 saturated heterocycles. The Morgan fingerprint density at radius 2 is 2.31 bits per heavy atom. The molecular formula is C11H20N4O. The van der Waals surface area contributed by atoms with E-state index in [9.17, 15) is 4.79 Å². The number of carbonyl (C=O) groups is 1. The van der Waals surface area contributed by atoms with E-state index in [0.717, 1.165) is 6.42 Å². The van der Waals surface area contributed by atoms with Crippen LogP contribution in [0.2, 0.25) is 0 Å². The van der Waals surface area contributed by atoms with Crippen molar-refractivity contribution in [3.63, 3.8) is 0 Å². The Morgan fingerprint density at radius 3 is 2.81 bits per heavy atom. The summed E-state index contributed by atoms with van der Waals surface area (Å²) in [7, 11) is 0. The van der Waals surface area contributed by atoms with Gasteiger partial charge in [-0.25, -0.2) is 4.98 Å². The number of rotatable bonds is 6. The summed E-state index contributed by atoms with van der Waals surface area (Å²) in [4.78, 5) is 15.9. The normalized spacial score (nSPS) is 12.8. The van der Waals surface area contributed by atoms with Crippen molar-refractivity contribution in [1.82, 2.24) is 14.9 Å². The molecule has 1 aromatic rings. The van der Waals surface area contributed by atoms with Gasteiger partial charge in [-0.3, -0.25) is 4.79 Å². The third-order valence-corrected chi connectivity index (χ3v) is 2.33. The van der Waals surface area contributed by atoms with Crippen molar-refractivity contribution in [2.75, 3.05) is 13.1 Å². The number of hydrogen-bond acceptors (Lipinski definition) is 3. The Kier molecular flexibility index (Phi) is 4.98. The molecule has 0 saturated carbocycles. The predicted octanol–water partition coefficient (Wildman–Crippen LogP) is 0.545. The highest BCUT2D eigenvalue weighted by Crippen LogP contribution is 2.17. The molecular weight excluding hydrogens is 204 g/mol. The van der Waals surface area contributed by atoms with Gasteiger partial charge in [0.25, 0.3) is 0 Å². The number of carbonyl (C=O) groups excluding carboxylic acids is 1. The molecule has 5 heteroatoms. The zero-order valence-corrected chi connectivity index (χ0v) is 9.89.